The van der Waals surface area contributed by atoms with E-state index >= 15 is 0 Å². The molecule has 0 saturated heterocycles. The van der Waals surface area contributed by atoms with Crippen LogP contribution in [0.25, 0.3) is 10.9 Å². The number of rotatable bonds is 0. The number of hydrogen-bond donors (Lipinski definition) is 1. The van der Waals surface area contributed by atoms with E-state index in [2.05, 4.69) is 27.4 Å². The van der Waals surface area contributed by atoms with Crippen molar-refractivity contribution in [2.75, 3.05) is 13.1 Å². The zero-order valence-electron chi connectivity index (χ0n) is 8.53. The Hall–Kier alpha value is -1.48. The first kappa shape index (κ1) is 8.80. The molecule has 0 fully saturated rings. The van der Waals surface area contributed by atoms with Crippen molar-refractivity contribution in [3.63, 3.8) is 0 Å². The maximum atomic E-state index is 4.29. The second kappa shape index (κ2) is 3.59. The number of hydrogen-bond acceptors (Lipinski definition) is 3. The van der Waals surface area contributed by atoms with E-state index in [4.69, 9.17) is 0 Å². The van der Waals surface area contributed by atoms with Crippen LogP contribution in [-0.2, 0) is 12.8 Å². The fourth-order valence-electron chi connectivity index (χ4n) is 2.25. The van der Waals surface area contributed by atoms with Crippen LogP contribution in [0.4, 0.5) is 0 Å². The number of nitrogens with zero attached hydrogens (tertiary/aromatic N) is 2. The van der Waals surface area contributed by atoms with Gasteiger partial charge in [-0.1, -0.05) is 6.07 Å². The highest BCUT2D eigenvalue weighted by Crippen LogP contribution is 2.22. The topological polar surface area (TPSA) is 37.8 Å². The molecular weight excluding hydrogens is 186 g/mol. The van der Waals surface area contributed by atoms with Gasteiger partial charge >= 0.3 is 0 Å². The summed E-state index contributed by atoms with van der Waals surface area (Å²) in [5.41, 5.74) is 3.94. The van der Waals surface area contributed by atoms with Crippen LogP contribution in [0.2, 0.25) is 0 Å². The Labute approximate surface area is 88.6 Å². The van der Waals surface area contributed by atoms with Gasteiger partial charge in [-0.25, -0.2) is 9.97 Å². The van der Waals surface area contributed by atoms with E-state index in [0.717, 1.165) is 31.4 Å². The van der Waals surface area contributed by atoms with Crippen molar-refractivity contribution >= 4 is 10.9 Å². The summed E-state index contributed by atoms with van der Waals surface area (Å²) in [5, 5.41) is 4.64. The molecule has 3 nitrogen and oxygen atoms in total. The van der Waals surface area contributed by atoms with Crippen molar-refractivity contribution in [3.05, 3.63) is 35.8 Å². The summed E-state index contributed by atoms with van der Waals surface area (Å²) in [7, 11) is 0. The molecule has 1 aromatic heterocycles. The third kappa shape index (κ3) is 1.49. The van der Waals surface area contributed by atoms with E-state index in [-0.39, 0.29) is 0 Å². The number of aromatic nitrogens is 2. The van der Waals surface area contributed by atoms with Crippen LogP contribution < -0.4 is 5.32 Å². The molecule has 1 aromatic carbocycles. The molecule has 0 radical (unpaired) electrons. The summed E-state index contributed by atoms with van der Waals surface area (Å²) >= 11 is 0. The summed E-state index contributed by atoms with van der Waals surface area (Å²) in [5.74, 6) is 0. The van der Waals surface area contributed by atoms with Gasteiger partial charge in [-0.15, -0.1) is 0 Å². The lowest BCUT2D eigenvalue weighted by atomic mass is 9.99. The van der Waals surface area contributed by atoms with E-state index in [1.807, 2.05) is 6.20 Å². The van der Waals surface area contributed by atoms with Gasteiger partial charge in [0.15, 0.2) is 0 Å². The molecule has 2 heterocycles. The van der Waals surface area contributed by atoms with Crippen LogP contribution in [-0.4, -0.2) is 23.1 Å². The number of nitrogens with one attached hydrogen (secondary N) is 1. The van der Waals surface area contributed by atoms with Crippen molar-refractivity contribution in [1.82, 2.24) is 15.3 Å². The minimum Gasteiger partial charge on any atom is -0.316 e. The van der Waals surface area contributed by atoms with E-state index in [0.29, 0.717) is 0 Å². The fourth-order valence-corrected chi connectivity index (χ4v) is 2.25. The molecule has 0 atom stereocenters. The maximum Gasteiger partial charge on any atom is 0.116 e. The molecular formula is C12H13N3. The Morgan fingerprint density at radius 3 is 3.07 bits per heavy atom. The van der Waals surface area contributed by atoms with Gasteiger partial charge in [-0.05, 0) is 43.1 Å². The van der Waals surface area contributed by atoms with E-state index in [1.165, 1.54) is 16.5 Å². The second-order valence-corrected chi connectivity index (χ2v) is 3.91. The van der Waals surface area contributed by atoms with Crippen molar-refractivity contribution in [1.29, 1.82) is 0 Å². The van der Waals surface area contributed by atoms with Crippen LogP contribution >= 0.6 is 0 Å². The molecule has 0 amide bonds. The van der Waals surface area contributed by atoms with Gasteiger partial charge in [0.05, 0.1) is 5.52 Å². The highest BCUT2D eigenvalue weighted by molar-refractivity contribution is 5.82. The monoisotopic (exact) mass is 199 g/mol. The van der Waals surface area contributed by atoms with Gasteiger partial charge < -0.3 is 5.32 Å². The zero-order chi connectivity index (χ0) is 10.1. The Kier molecular flexibility index (Phi) is 2.10. The van der Waals surface area contributed by atoms with Gasteiger partial charge in [0.2, 0.25) is 0 Å². The van der Waals surface area contributed by atoms with Crippen molar-refractivity contribution < 1.29 is 0 Å². The summed E-state index contributed by atoms with van der Waals surface area (Å²) in [6.07, 6.45) is 5.75. The maximum absolute atomic E-state index is 4.29. The molecule has 15 heavy (non-hydrogen) atoms. The Balaban J connectivity index is 2.27. The van der Waals surface area contributed by atoms with Crippen LogP contribution in [0.5, 0.6) is 0 Å². The lowest BCUT2D eigenvalue weighted by Crippen LogP contribution is -2.16. The minimum absolute atomic E-state index is 1.06. The summed E-state index contributed by atoms with van der Waals surface area (Å²) in [6, 6.07) is 4.30. The lowest BCUT2D eigenvalue weighted by molar-refractivity contribution is 0.711. The largest absolute Gasteiger partial charge is 0.316 e. The van der Waals surface area contributed by atoms with Crippen LogP contribution in [0.3, 0.4) is 0 Å². The molecule has 1 aliphatic rings. The molecule has 0 aliphatic carbocycles. The average Bonchev–Trinajstić information content (AvgIpc) is 2.54. The molecule has 0 bridgehead atoms. The molecule has 0 unspecified atom stereocenters. The van der Waals surface area contributed by atoms with Crippen molar-refractivity contribution in [3.8, 4) is 0 Å². The average molecular weight is 199 g/mol. The number of benzene rings is 1. The summed E-state index contributed by atoms with van der Waals surface area (Å²) < 4.78 is 0. The Morgan fingerprint density at radius 1 is 1.13 bits per heavy atom. The third-order valence-electron chi connectivity index (χ3n) is 3.02. The van der Waals surface area contributed by atoms with E-state index < -0.39 is 0 Å². The van der Waals surface area contributed by atoms with Gasteiger partial charge in [-0.2, -0.15) is 0 Å². The first-order valence-corrected chi connectivity index (χ1v) is 5.36. The second-order valence-electron chi connectivity index (χ2n) is 3.91. The quantitative estimate of drug-likeness (QED) is 0.695. The van der Waals surface area contributed by atoms with E-state index in [1.54, 1.807) is 6.33 Å². The van der Waals surface area contributed by atoms with Crippen molar-refractivity contribution in [2.45, 2.75) is 12.8 Å². The first-order chi connectivity index (χ1) is 7.45. The van der Waals surface area contributed by atoms with E-state index in [9.17, 15) is 0 Å². The summed E-state index contributed by atoms with van der Waals surface area (Å²) in [4.78, 5) is 8.41. The SMILES string of the molecule is c1ncc2c3c(ccc2n1)CCNCC3. The third-order valence-corrected chi connectivity index (χ3v) is 3.02. The molecule has 76 valence electrons. The molecule has 1 N–H and O–H groups in total. The molecule has 3 rings (SSSR count). The normalized spacial score (nSPS) is 16.0. The van der Waals surface area contributed by atoms with Crippen LogP contribution in [0, 0.1) is 0 Å². The first-order valence-electron chi connectivity index (χ1n) is 5.36. The van der Waals surface area contributed by atoms with Gasteiger partial charge in [0, 0.05) is 11.6 Å². The number of fused-ring (bicyclic) bond motifs is 3. The molecule has 1 aliphatic heterocycles. The van der Waals surface area contributed by atoms with Crippen LogP contribution in [0.1, 0.15) is 11.1 Å². The minimum atomic E-state index is 1.06. The zero-order valence-corrected chi connectivity index (χ0v) is 8.53. The molecule has 2 aromatic rings. The summed E-state index contributed by atoms with van der Waals surface area (Å²) in [6.45, 7) is 2.13. The smallest absolute Gasteiger partial charge is 0.116 e. The predicted octanol–water partition coefficient (Wildman–Crippen LogP) is 1.32. The van der Waals surface area contributed by atoms with Crippen molar-refractivity contribution in [2.24, 2.45) is 0 Å². The highest BCUT2D eigenvalue weighted by Gasteiger charge is 2.10. The Morgan fingerprint density at radius 2 is 2.07 bits per heavy atom. The lowest BCUT2D eigenvalue weighted by Gasteiger charge is -2.07. The molecule has 0 saturated carbocycles. The highest BCUT2D eigenvalue weighted by atomic mass is 14.9. The molecule has 3 heteroatoms. The predicted molar refractivity (Wildman–Crippen MR) is 59.8 cm³/mol. The van der Waals surface area contributed by atoms with Crippen LogP contribution in [0.15, 0.2) is 24.7 Å². The van der Waals surface area contributed by atoms with Gasteiger partial charge in [0.25, 0.3) is 0 Å². The Bertz CT molecular complexity index is 493. The van der Waals surface area contributed by atoms with Gasteiger partial charge in [-0.3, -0.25) is 0 Å². The van der Waals surface area contributed by atoms with Gasteiger partial charge in [0.1, 0.15) is 6.33 Å². The fraction of sp³-hybridized carbons (Fsp3) is 0.333. The standard InChI is InChI=1S/C12H13N3/c1-2-12-11(7-14-8-15-12)10-4-6-13-5-3-9(1)10/h1-2,7-8,13H,3-6H2. The molecule has 0 spiro atoms.